The van der Waals surface area contributed by atoms with Crippen molar-refractivity contribution in [2.75, 3.05) is 26.2 Å². The lowest BCUT2D eigenvalue weighted by Crippen LogP contribution is -2.45. The van der Waals surface area contributed by atoms with Gasteiger partial charge < -0.3 is 14.2 Å². The fourth-order valence-corrected chi connectivity index (χ4v) is 4.30. The first-order valence-electron chi connectivity index (χ1n) is 10.9. The van der Waals surface area contributed by atoms with Crippen LogP contribution < -0.4 is 4.74 Å². The van der Waals surface area contributed by atoms with Crippen LogP contribution in [0, 0.1) is 11.8 Å². The van der Waals surface area contributed by atoms with E-state index in [9.17, 15) is 13.6 Å². The lowest BCUT2D eigenvalue weighted by Gasteiger charge is -2.36. The number of hydrogen-bond donors (Lipinski definition) is 0. The second kappa shape index (κ2) is 9.72. The summed E-state index contributed by atoms with van der Waals surface area (Å²) >= 11 is 0. The highest BCUT2D eigenvalue weighted by Gasteiger charge is 2.30. The van der Waals surface area contributed by atoms with Crippen LogP contribution in [0.1, 0.15) is 38.5 Å². The maximum Gasteiger partial charge on any atom is 0.387 e. The molecule has 0 atom stereocenters. The van der Waals surface area contributed by atoms with Crippen LogP contribution in [0.15, 0.2) is 28.8 Å². The zero-order valence-corrected chi connectivity index (χ0v) is 17.7. The third kappa shape index (κ3) is 5.39. The average molecular weight is 434 g/mol. The predicted molar refractivity (Wildman–Crippen MR) is 109 cm³/mol. The molecule has 1 aromatic carbocycles. The van der Waals surface area contributed by atoms with Crippen LogP contribution in [-0.2, 0) is 11.3 Å². The maximum absolute atomic E-state index is 12.8. The van der Waals surface area contributed by atoms with E-state index in [4.69, 9.17) is 4.52 Å². The van der Waals surface area contributed by atoms with Crippen molar-refractivity contribution < 1.29 is 22.8 Å². The molecule has 2 aromatic rings. The smallest absolute Gasteiger partial charge is 0.387 e. The topological polar surface area (TPSA) is 71.7 Å². The Morgan fingerprint density at radius 2 is 1.87 bits per heavy atom. The van der Waals surface area contributed by atoms with Crippen molar-refractivity contribution in [3.63, 3.8) is 0 Å². The van der Waals surface area contributed by atoms with Crippen LogP contribution >= 0.6 is 0 Å². The van der Waals surface area contributed by atoms with E-state index in [1.165, 1.54) is 6.07 Å². The van der Waals surface area contributed by atoms with E-state index in [2.05, 4.69) is 26.7 Å². The maximum atomic E-state index is 12.8. The molecule has 0 radical (unpaired) electrons. The van der Waals surface area contributed by atoms with E-state index >= 15 is 0 Å². The Bertz CT molecular complexity index is 875. The standard InChI is InChI=1S/C22H28F2N4O3/c1-15-6-12-28(13-7-15)21(29)16-8-10-27(11-9-16)14-19-25-20(26-31-19)17-4-2-3-5-18(17)30-22(23)24/h2-5,15-16,22H,6-14H2,1H3. The number of nitrogens with zero attached hydrogens (tertiary/aromatic N) is 4. The Morgan fingerprint density at radius 1 is 1.16 bits per heavy atom. The van der Waals surface area contributed by atoms with Gasteiger partial charge in [-0.3, -0.25) is 9.69 Å². The van der Waals surface area contributed by atoms with Gasteiger partial charge in [-0.15, -0.1) is 0 Å². The summed E-state index contributed by atoms with van der Waals surface area (Å²) in [6, 6.07) is 6.37. The Labute approximate surface area is 180 Å². The van der Waals surface area contributed by atoms with Crippen molar-refractivity contribution in [3.8, 4) is 17.1 Å². The van der Waals surface area contributed by atoms with Crippen LogP contribution in [0.5, 0.6) is 5.75 Å². The number of amides is 1. The quantitative estimate of drug-likeness (QED) is 0.689. The Kier molecular flexibility index (Phi) is 6.80. The van der Waals surface area contributed by atoms with Crippen molar-refractivity contribution in [1.29, 1.82) is 0 Å². The highest BCUT2D eigenvalue weighted by molar-refractivity contribution is 5.79. The zero-order valence-electron chi connectivity index (χ0n) is 17.7. The molecule has 9 heteroatoms. The van der Waals surface area contributed by atoms with Gasteiger partial charge in [0.2, 0.25) is 17.6 Å². The van der Waals surface area contributed by atoms with Crippen molar-refractivity contribution in [3.05, 3.63) is 30.2 Å². The molecular weight excluding hydrogens is 406 g/mol. The van der Waals surface area contributed by atoms with Gasteiger partial charge >= 0.3 is 6.61 Å². The van der Waals surface area contributed by atoms with E-state index in [1.54, 1.807) is 18.2 Å². The Balaban J connectivity index is 1.31. The van der Waals surface area contributed by atoms with Gasteiger partial charge in [0.15, 0.2) is 0 Å². The number of benzene rings is 1. The molecule has 2 fully saturated rings. The number of piperidine rings is 2. The second-order valence-electron chi connectivity index (χ2n) is 8.44. The lowest BCUT2D eigenvalue weighted by molar-refractivity contribution is -0.138. The number of aromatic nitrogens is 2. The van der Waals surface area contributed by atoms with Gasteiger partial charge in [-0.05, 0) is 56.8 Å². The van der Waals surface area contributed by atoms with Crippen LogP contribution in [-0.4, -0.2) is 58.6 Å². The zero-order chi connectivity index (χ0) is 21.8. The van der Waals surface area contributed by atoms with E-state index in [-0.39, 0.29) is 17.5 Å². The number of hydrogen-bond acceptors (Lipinski definition) is 6. The molecule has 1 aromatic heterocycles. The van der Waals surface area contributed by atoms with Gasteiger partial charge in [0.25, 0.3) is 0 Å². The molecule has 3 heterocycles. The van der Waals surface area contributed by atoms with Crippen molar-refractivity contribution in [1.82, 2.24) is 19.9 Å². The highest BCUT2D eigenvalue weighted by atomic mass is 19.3. The fourth-order valence-electron chi connectivity index (χ4n) is 4.30. The first kappa shape index (κ1) is 21.7. The number of halogens is 2. The predicted octanol–water partition coefficient (Wildman–Crippen LogP) is 3.81. The molecule has 0 unspecified atom stereocenters. The molecule has 1 amide bonds. The summed E-state index contributed by atoms with van der Waals surface area (Å²) in [4.78, 5) is 21.4. The minimum Gasteiger partial charge on any atom is -0.434 e. The Hall–Kier alpha value is -2.55. The molecule has 168 valence electrons. The summed E-state index contributed by atoms with van der Waals surface area (Å²) in [5.74, 6) is 1.73. The first-order chi connectivity index (χ1) is 15.0. The first-order valence-corrected chi connectivity index (χ1v) is 10.9. The monoisotopic (exact) mass is 434 g/mol. The summed E-state index contributed by atoms with van der Waals surface area (Å²) in [6.07, 6.45) is 3.82. The van der Waals surface area contributed by atoms with Crippen LogP contribution in [0.3, 0.4) is 0 Å². The van der Waals surface area contributed by atoms with Crippen LogP contribution in [0.25, 0.3) is 11.4 Å². The van der Waals surface area contributed by atoms with E-state index < -0.39 is 6.61 Å². The molecule has 0 N–H and O–H groups in total. The summed E-state index contributed by atoms with van der Waals surface area (Å²) in [7, 11) is 0. The molecule has 7 nitrogen and oxygen atoms in total. The molecule has 2 aliphatic rings. The highest BCUT2D eigenvalue weighted by Crippen LogP contribution is 2.29. The molecule has 2 saturated heterocycles. The molecule has 0 aliphatic carbocycles. The number of ether oxygens (including phenoxy) is 1. The number of carbonyl (C=O) groups is 1. The van der Waals surface area contributed by atoms with Gasteiger partial charge in [-0.2, -0.15) is 13.8 Å². The second-order valence-corrected chi connectivity index (χ2v) is 8.44. The summed E-state index contributed by atoms with van der Waals surface area (Å²) < 4.78 is 35.2. The molecule has 4 rings (SSSR count). The molecule has 0 spiro atoms. The van der Waals surface area contributed by atoms with Gasteiger partial charge in [-0.1, -0.05) is 24.2 Å². The fraction of sp³-hybridized carbons (Fsp3) is 0.591. The third-order valence-corrected chi connectivity index (χ3v) is 6.20. The molecular formula is C22H28F2N4O3. The van der Waals surface area contributed by atoms with Gasteiger partial charge in [0, 0.05) is 19.0 Å². The number of carbonyl (C=O) groups excluding carboxylic acids is 1. The number of rotatable bonds is 6. The van der Waals surface area contributed by atoms with Crippen molar-refractivity contribution >= 4 is 5.91 Å². The normalized spacial score (nSPS) is 19.2. The van der Waals surface area contributed by atoms with Crippen molar-refractivity contribution in [2.45, 2.75) is 45.8 Å². The molecule has 0 saturated carbocycles. The molecule has 2 aliphatic heterocycles. The van der Waals surface area contributed by atoms with Crippen LogP contribution in [0.2, 0.25) is 0 Å². The lowest BCUT2D eigenvalue weighted by atomic mass is 9.93. The Morgan fingerprint density at radius 3 is 2.58 bits per heavy atom. The summed E-state index contributed by atoms with van der Waals surface area (Å²) in [6.45, 7) is 3.10. The van der Waals surface area contributed by atoms with Gasteiger partial charge in [-0.25, -0.2) is 0 Å². The summed E-state index contributed by atoms with van der Waals surface area (Å²) in [5.41, 5.74) is 0.359. The SMILES string of the molecule is CC1CCN(C(=O)C2CCN(Cc3nc(-c4ccccc4OC(F)F)no3)CC2)CC1. The van der Waals surface area contributed by atoms with E-state index in [0.29, 0.717) is 29.8 Å². The van der Waals surface area contributed by atoms with E-state index in [1.807, 2.05) is 4.90 Å². The largest absolute Gasteiger partial charge is 0.434 e. The number of likely N-dealkylation sites (tertiary alicyclic amines) is 2. The van der Waals surface area contributed by atoms with Crippen LogP contribution in [0.4, 0.5) is 8.78 Å². The molecule has 0 bridgehead atoms. The van der Waals surface area contributed by atoms with Gasteiger partial charge in [0.1, 0.15) is 5.75 Å². The average Bonchev–Trinajstić information content (AvgIpc) is 3.22. The minimum atomic E-state index is -2.93. The minimum absolute atomic E-state index is 0.0104. The van der Waals surface area contributed by atoms with E-state index in [0.717, 1.165) is 51.9 Å². The third-order valence-electron chi connectivity index (χ3n) is 6.20. The molecule has 31 heavy (non-hydrogen) atoms. The number of para-hydroxylation sites is 1. The van der Waals surface area contributed by atoms with Crippen molar-refractivity contribution in [2.24, 2.45) is 11.8 Å². The van der Waals surface area contributed by atoms with Gasteiger partial charge in [0.05, 0.1) is 12.1 Å². The number of alkyl halides is 2. The summed E-state index contributed by atoms with van der Waals surface area (Å²) in [5, 5.41) is 3.93.